The number of carbonyl (C=O) groups excluding carboxylic acids is 1. The van der Waals surface area contributed by atoms with Crippen LogP contribution in [0.1, 0.15) is 10.4 Å². The summed E-state index contributed by atoms with van der Waals surface area (Å²) in [5.41, 5.74) is 0.456. The minimum absolute atomic E-state index is 0.279. The maximum atomic E-state index is 12.0. The predicted octanol–water partition coefficient (Wildman–Crippen LogP) is 0.504. The molecule has 7 heteroatoms. The van der Waals surface area contributed by atoms with Crippen molar-refractivity contribution >= 4 is 17.7 Å². The molecule has 0 aromatic carbocycles. The number of anilines is 2. The Balaban J connectivity index is 2.23. The predicted molar refractivity (Wildman–Crippen MR) is 62.7 cm³/mol. The molecule has 2 aromatic rings. The molecule has 1 amide bonds. The summed E-state index contributed by atoms with van der Waals surface area (Å²) in [4.78, 5) is 19.9. The van der Waals surface area contributed by atoms with Crippen LogP contribution >= 0.6 is 0 Å². The Morgan fingerprint density at radius 1 is 1.41 bits per heavy atom. The van der Waals surface area contributed by atoms with E-state index in [1.54, 1.807) is 32.4 Å². The van der Waals surface area contributed by atoms with Crippen LogP contribution in [0.4, 0.5) is 11.8 Å². The fourth-order valence-corrected chi connectivity index (χ4v) is 1.37. The number of nitrogens with one attached hydrogen (secondary N) is 2. The fraction of sp³-hybridized carbons (Fsp3) is 0.200. The number of aryl methyl sites for hydroxylation is 1. The van der Waals surface area contributed by atoms with Gasteiger partial charge < -0.3 is 5.32 Å². The summed E-state index contributed by atoms with van der Waals surface area (Å²) in [6.45, 7) is 0. The molecule has 17 heavy (non-hydrogen) atoms. The van der Waals surface area contributed by atoms with Crippen LogP contribution in [0.15, 0.2) is 24.7 Å². The van der Waals surface area contributed by atoms with E-state index in [2.05, 4.69) is 25.7 Å². The second-order valence-electron chi connectivity index (χ2n) is 3.31. The van der Waals surface area contributed by atoms with Crippen molar-refractivity contribution in [1.82, 2.24) is 19.7 Å². The molecular formula is C10H12N6O. The summed E-state index contributed by atoms with van der Waals surface area (Å²) in [6, 6.07) is 3.39. The van der Waals surface area contributed by atoms with Gasteiger partial charge in [-0.25, -0.2) is 9.67 Å². The molecule has 0 unspecified atom stereocenters. The first-order chi connectivity index (χ1) is 8.22. The van der Waals surface area contributed by atoms with Gasteiger partial charge in [-0.05, 0) is 12.1 Å². The second-order valence-corrected chi connectivity index (χ2v) is 3.31. The minimum Gasteiger partial charge on any atom is -0.372 e. The summed E-state index contributed by atoms with van der Waals surface area (Å²) in [7, 11) is 3.41. The Morgan fingerprint density at radius 3 is 2.88 bits per heavy atom. The van der Waals surface area contributed by atoms with Crippen LogP contribution in [0.3, 0.4) is 0 Å². The average molecular weight is 232 g/mol. The molecule has 0 aliphatic carbocycles. The zero-order valence-electron chi connectivity index (χ0n) is 9.51. The lowest BCUT2D eigenvalue weighted by Crippen LogP contribution is -2.17. The van der Waals surface area contributed by atoms with Gasteiger partial charge in [-0.3, -0.25) is 10.1 Å². The molecule has 0 aliphatic rings. The molecule has 0 saturated carbocycles. The van der Waals surface area contributed by atoms with Crippen molar-refractivity contribution in [3.8, 4) is 0 Å². The van der Waals surface area contributed by atoms with Gasteiger partial charge in [0.1, 0.15) is 12.1 Å². The highest BCUT2D eigenvalue weighted by Crippen LogP contribution is 2.12. The van der Waals surface area contributed by atoms with Crippen LogP contribution in [0.25, 0.3) is 0 Å². The van der Waals surface area contributed by atoms with Gasteiger partial charge in [-0.1, -0.05) is 0 Å². The Morgan fingerprint density at radius 2 is 2.24 bits per heavy atom. The van der Waals surface area contributed by atoms with Crippen LogP contribution in [0.2, 0.25) is 0 Å². The Bertz CT molecular complexity index is 535. The van der Waals surface area contributed by atoms with E-state index in [-0.39, 0.29) is 5.91 Å². The number of amides is 1. The van der Waals surface area contributed by atoms with Gasteiger partial charge in [0, 0.05) is 20.3 Å². The highest BCUT2D eigenvalue weighted by atomic mass is 16.1. The van der Waals surface area contributed by atoms with Gasteiger partial charge in [0.2, 0.25) is 5.95 Å². The van der Waals surface area contributed by atoms with E-state index in [1.807, 2.05) is 0 Å². The van der Waals surface area contributed by atoms with E-state index >= 15 is 0 Å². The lowest BCUT2D eigenvalue weighted by molar-refractivity contribution is 0.102. The fourth-order valence-electron chi connectivity index (χ4n) is 1.37. The smallest absolute Gasteiger partial charge is 0.261 e. The molecule has 2 heterocycles. The number of hydrogen-bond acceptors (Lipinski definition) is 5. The number of nitrogens with zero attached hydrogens (tertiary/aromatic N) is 4. The third kappa shape index (κ3) is 2.22. The van der Waals surface area contributed by atoms with E-state index < -0.39 is 0 Å². The average Bonchev–Trinajstić information content (AvgIpc) is 2.75. The van der Waals surface area contributed by atoms with Crippen molar-refractivity contribution in [2.45, 2.75) is 0 Å². The molecule has 0 spiro atoms. The summed E-state index contributed by atoms with van der Waals surface area (Å²) < 4.78 is 1.48. The topological polar surface area (TPSA) is 84.7 Å². The van der Waals surface area contributed by atoms with Gasteiger partial charge in [0.25, 0.3) is 5.91 Å². The lowest BCUT2D eigenvalue weighted by Gasteiger charge is -2.07. The van der Waals surface area contributed by atoms with Crippen molar-refractivity contribution < 1.29 is 4.79 Å². The van der Waals surface area contributed by atoms with Crippen LogP contribution in [0.5, 0.6) is 0 Å². The summed E-state index contributed by atoms with van der Waals surface area (Å²) in [6.07, 6.45) is 2.99. The van der Waals surface area contributed by atoms with Gasteiger partial charge in [-0.15, -0.1) is 0 Å². The van der Waals surface area contributed by atoms with E-state index in [1.165, 1.54) is 11.0 Å². The van der Waals surface area contributed by atoms with Crippen molar-refractivity contribution in [2.75, 3.05) is 17.7 Å². The maximum Gasteiger partial charge on any atom is 0.261 e. The SMILES string of the molecule is CNc1ncccc1C(=O)Nc1ncnn1C. The molecule has 2 rings (SSSR count). The molecule has 2 N–H and O–H groups in total. The zero-order chi connectivity index (χ0) is 12.3. The van der Waals surface area contributed by atoms with Crippen LogP contribution in [-0.2, 0) is 7.05 Å². The Hall–Kier alpha value is -2.44. The second kappa shape index (κ2) is 4.60. The highest BCUT2D eigenvalue weighted by molar-refractivity contribution is 6.06. The normalized spacial score (nSPS) is 10.0. The molecule has 0 atom stereocenters. The first kappa shape index (κ1) is 11.1. The molecule has 0 bridgehead atoms. The third-order valence-electron chi connectivity index (χ3n) is 2.23. The van der Waals surface area contributed by atoms with E-state index in [0.29, 0.717) is 17.3 Å². The Kier molecular flexibility index (Phi) is 2.99. The first-order valence-corrected chi connectivity index (χ1v) is 5.00. The number of aromatic nitrogens is 4. The molecule has 0 aliphatic heterocycles. The van der Waals surface area contributed by atoms with Crippen LogP contribution in [-0.4, -0.2) is 32.7 Å². The zero-order valence-corrected chi connectivity index (χ0v) is 9.51. The molecule has 0 saturated heterocycles. The number of pyridine rings is 1. The van der Waals surface area contributed by atoms with Gasteiger partial charge in [-0.2, -0.15) is 10.1 Å². The quantitative estimate of drug-likeness (QED) is 0.805. The largest absolute Gasteiger partial charge is 0.372 e. The lowest BCUT2D eigenvalue weighted by atomic mass is 10.2. The molecule has 0 radical (unpaired) electrons. The van der Waals surface area contributed by atoms with E-state index in [0.717, 1.165) is 0 Å². The van der Waals surface area contributed by atoms with Crippen molar-refractivity contribution in [3.63, 3.8) is 0 Å². The van der Waals surface area contributed by atoms with Crippen molar-refractivity contribution in [3.05, 3.63) is 30.2 Å². The summed E-state index contributed by atoms with van der Waals surface area (Å²) >= 11 is 0. The summed E-state index contributed by atoms with van der Waals surface area (Å²) in [5.74, 6) is 0.631. The van der Waals surface area contributed by atoms with E-state index in [4.69, 9.17) is 0 Å². The van der Waals surface area contributed by atoms with Gasteiger partial charge in [0.05, 0.1) is 5.56 Å². The maximum absolute atomic E-state index is 12.0. The van der Waals surface area contributed by atoms with Crippen molar-refractivity contribution in [2.24, 2.45) is 7.05 Å². The minimum atomic E-state index is -0.279. The molecule has 0 fully saturated rings. The Labute approximate surface area is 97.9 Å². The van der Waals surface area contributed by atoms with Crippen LogP contribution < -0.4 is 10.6 Å². The number of rotatable bonds is 3. The van der Waals surface area contributed by atoms with Crippen LogP contribution in [0, 0.1) is 0 Å². The standard InChI is InChI=1S/C10H12N6O/c1-11-8-7(4-3-5-12-8)9(17)15-10-13-6-14-16(10)2/h3-6H,1-2H3,(H,11,12)(H,13,14,15,17). The molecule has 7 nitrogen and oxygen atoms in total. The third-order valence-corrected chi connectivity index (χ3v) is 2.23. The van der Waals surface area contributed by atoms with E-state index in [9.17, 15) is 4.79 Å². The summed E-state index contributed by atoms with van der Waals surface area (Å²) in [5, 5.41) is 9.37. The number of carbonyl (C=O) groups is 1. The molecular weight excluding hydrogens is 220 g/mol. The monoisotopic (exact) mass is 232 g/mol. The van der Waals surface area contributed by atoms with Gasteiger partial charge in [0.15, 0.2) is 0 Å². The van der Waals surface area contributed by atoms with Gasteiger partial charge >= 0.3 is 0 Å². The molecule has 2 aromatic heterocycles. The number of hydrogen-bond donors (Lipinski definition) is 2. The highest BCUT2D eigenvalue weighted by Gasteiger charge is 2.13. The first-order valence-electron chi connectivity index (χ1n) is 5.00. The molecule has 88 valence electrons. The van der Waals surface area contributed by atoms with Crippen molar-refractivity contribution in [1.29, 1.82) is 0 Å².